The van der Waals surface area contributed by atoms with Gasteiger partial charge in [0.2, 0.25) is 5.78 Å². The summed E-state index contributed by atoms with van der Waals surface area (Å²) in [6.45, 7) is 0. The van der Waals surface area contributed by atoms with Gasteiger partial charge in [0.25, 0.3) is 0 Å². The monoisotopic (exact) mass is 257 g/mol. The fourth-order valence-electron chi connectivity index (χ4n) is 1.51. The Morgan fingerprint density at radius 1 is 1.17 bits per heavy atom. The predicted octanol–water partition coefficient (Wildman–Crippen LogP) is 3.40. The summed E-state index contributed by atoms with van der Waals surface area (Å²) in [5, 5.41) is 0. The van der Waals surface area contributed by atoms with Gasteiger partial charge in [-0.3, -0.25) is 4.79 Å². The first-order chi connectivity index (χ1) is 8.39. The molecule has 2 rings (SSSR count). The molecule has 0 aliphatic carbocycles. The summed E-state index contributed by atoms with van der Waals surface area (Å²) >= 11 is 0. The van der Waals surface area contributed by atoms with Crippen LogP contribution in [0.4, 0.5) is 17.6 Å². The molecule has 1 heterocycles. The van der Waals surface area contributed by atoms with E-state index in [0.29, 0.717) is 12.1 Å². The molecule has 0 amide bonds. The molecule has 2 aromatic rings. The number of ketones is 1. The van der Waals surface area contributed by atoms with E-state index < -0.39 is 23.3 Å². The molecule has 0 atom stereocenters. The average Bonchev–Trinajstić information content (AvgIpc) is 2.80. The van der Waals surface area contributed by atoms with E-state index in [-0.39, 0.29) is 11.3 Å². The molecule has 0 saturated heterocycles. The Hall–Kier alpha value is -2.11. The van der Waals surface area contributed by atoms with E-state index in [1.54, 1.807) is 6.07 Å². The van der Waals surface area contributed by atoms with Crippen molar-refractivity contribution in [1.82, 2.24) is 4.98 Å². The molecule has 1 aromatic carbocycles. The Balaban J connectivity index is 2.45. The predicted molar refractivity (Wildman–Crippen MR) is 55.6 cm³/mol. The van der Waals surface area contributed by atoms with Crippen LogP contribution in [0.5, 0.6) is 0 Å². The van der Waals surface area contributed by atoms with Gasteiger partial charge in [0.15, 0.2) is 0 Å². The number of hydrogen-bond acceptors (Lipinski definition) is 1. The van der Waals surface area contributed by atoms with Crippen molar-refractivity contribution in [2.75, 3.05) is 0 Å². The standard InChI is InChI=1S/C12H7F4NO/c13-9-4-3-7(6-8(9)12(14,15)16)11(18)10-2-1-5-17-10/h1-6,17H. The van der Waals surface area contributed by atoms with Gasteiger partial charge >= 0.3 is 6.18 Å². The van der Waals surface area contributed by atoms with E-state index in [4.69, 9.17) is 0 Å². The number of benzene rings is 1. The molecule has 18 heavy (non-hydrogen) atoms. The van der Waals surface area contributed by atoms with Crippen LogP contribution in [0.2, 0.25) is 0 Å². The third-order valence-corrected chi connectivity index (χ3v) is 2.38. The molecule has 0 saturated carbocycles. The minimum absolute atomic E-state index is 0.148. The molecule has 0 aliphatic rings. The lowest BCUT2D eigenvalue weighted by atomic mass is 10.0. The number of carbonyl (C=O) groups is 1. The van der Waals surface area contributed by atoms with Crippen molar-refractivity contribution in [1.29, 1.82) is 0 Å². The molecule has 6 heteroatoms. The van der Waals surface area contributed by atoms with Crippen LogP contribution in [-0.2, 0) is 6.18 Å². The zero-order chi connectivity index (χ0) is 13.3. The van der Waals surface area contributed by atoms with Crippen LogP contribution >= 0.6 is 0 Å². The maximum absolute atomic E-state index is 13.0. The van der Waals surface area contributed by atoms with E-state index in [9.17, 15) is 22.4 Å². The van der Waals surface area contributed by atoms with Crippen molar-refractivity contribution in [3.63, 3.8) is 0 Å². The highest BCUT2D eigenvalue weighted by Gasteiger charge is 2.34. The molecule has 0 spiro atoms. The Labute approximate surface area is 99.3 Å². The summed E-state index contributed by atoms with van der Waals surface area (Å²) < 4.78 is 50.5. The number of alkyl halides is 3. The first-order valence-corrected chi connectivity index (χ1v) is 4.94. The van der Waals surface area contributed by atoms with Gasteiger partial charge in [0, 0.05) is 11.8 Å². The van der Waals surface area contributed by atoms with Crippen molar-refractivity contribution in [3.05, 3.63) is 59.2 Å². The van der Waals surface area contributed by atoms with Gasteiger partial charge in [0.1, 0.15) is 5.82 Å². The molecular formula is C12H7F4NO. The number of hydrogen-bond donors (Lipinski definition) is 1. The number of rotatable bonds is 2. The second-order valence-electron chi connectivity index (χ2n) is 3.61. The van der Waals surface area contributed by atoms with Crippen LogP contribution < -0.4 is 0 Å². The minimum Gasteiger partial charge on any atom is -0.359 e. The molecule has 0 unspecified atom stereocenters. The van der Waals surface area contributed by atoms with Gasteiger partial charge in [-0.25, -0.2) is 4.39 Å². The van der Waals surface area contributed by atoms with Gasteiger partial charge in [-0.1, -0.05) is 0 Å². The molecule has 2 nitrogen and oxygen atoms in total. The van der Waals surface area contributed by atoms with Crippen molar-refractivity contribution in [3.8, 4) is 0 Å². The number of aromatic amines is 1. The number of aromatic nitrogens is 1. The second kappa shape index (κ2) is 4.29. The summed E-state index contributed by atoms with van der Waals surface area (Å²) in [6.07, 6.45) is -3.35. The molecule has 1 N–H and O–H groups in total. The number of nitrogens with one attached hydrogen (secondary N) is 1. The van der Waals surface area contributed by atoms with Crippen LogP contribution in [0.25, 0.3) is 0 Å². The first-order valence-electron chi connectivity index (χ1n) is 4.94. The van der Waals surface area contributed by atoms with Crippen molar-refractivity contribution < 1.29 is 22.4 Å². The summed E-state index contributed by atoms with van der Waals surface area (Å²) in [5.74, 6) is -2.02. The van der Waals surface area contributed by atoms with E-state index in [2.05, 4.69) is 4.98 Å². The van der Waals surface area contributed by atoms with Crippen LogP contribution in [0.15, 0.2) is 36.5 Å². The molecule has 0 aliphatic heterocycles. The summed E-state index contributed by atoms with van der Waals surface area (Å²) in [7, 11) is 0. The smallest absolute Gasteiger partial charge is 0.359 e. The van der Waals surface area contributed by atoms with Crippen LogP contribution in [-0.4, -0.2) is 10.8 Å². The number of halogens is 4. The average molecular weight is 257 g/mol. The quantitative estimate of drug-likeness (QED) is 0.649. The zero-order valence-electron chi connectivity index (χ0n) is 8.88. The molecule has 0 bridgehead atoms. The molecule has 1 aromatic heterocycles. The summed E-state index contributed by atoms with van der Waals surface area (Å²) in [6, 6.07) is 5.14. The van der Waals surface area contributed by atoms with Gasteiger partial charge in [-0.15, -0.1) is 0 Å². The second-order valence-corrected chi connectivity index (χ2v) is 3.61. The highest BCUT2D eigenvalue weighted by molar-refractivity contribution is 6.07. The van der Waals surface area contributed by atoms with Gasteiger partial charge in [-0.05, 0) is 30.3 Å². The summed E-state index contributed by atoms with van der Waals surface area (Å²) in [5.41, 5.74) is -1.51. The largest absolute Gasteiger partial charge is 0.419 e. The van der Waals surface area contributed by atoms with Crippen molar-refractivity contribution >= 4 is 5.78 Å². The normalized spacial score (nSPS) is 11.6. The van der Waals surface area contributed by atoms with Crippen molar-refractivity contribution in [2.24, 2.45) is 0 Å². The van der Waals surface area contributed by atoms with E-state index in [1.807, 2.05) is 0 Å². The van der Waals surface area contributed by atoms with Crippen LogP contribution in [0, 0.1) is 5.82 Å². The Morgan fingerprint density at radius 2 is 1.89 bits per heavy atom. The molecule has 94 valence electrons. The maximum atomic E-state index is 13.0. The Morgan fingerprint density at radius 3 is 2.44 bits per heavy atom. The fraction of sp³-hybridized carbons (Fsp3) is 0.0833. The van der Waals surface area contributed by atoms with E-state index in [0.717, 1.165) is 6.07 Å². The van der Waals surface area contributed by atoms with Gasteiger partial charge in [-0.2, -0.15) is 13.2 Å². The Bertz CT molecular complexity index is 572. The fourth-order valence-corrected chi connectivity index (χ4v) is 1.51. The van der Waals surface area contributed by atoms with E-state index in [1.165, 1.54) is 12.3 Å². The highest BCUT2D eigenvalue weighted by atomic mass is 19.4. The first kappa shape index (κ1) is 12.3. The van der Waals surface area contributed by atoms with Crippen molar-refractivity contribution in [2.45, 2.75) is 6.18 Å². The van der Waals surface area contributed by atoms with E-state index >= 15 is 0 Å². The lowest BCUT2D eigenvalue weighted by Gasteiger charge is -2.09. The minimum atomic E-state index is -4.82. The lowest BCUT2D eigenvalue weighted by Crippen LogP contribution is -2.11. The molecule has 0 fully saturated rings. The van der Waals surface area contributed by atoms with Crippen LogP contribution in [0.1, 0.15) is 21.6 Å². The zero-order valence-corrected chi connectivity index (χ0v) is 8.88. The molecular weight excluding hydrogens is 250 g/mol. The Kier molecular flexibility index (Phi) is 2.94. The summed E-state index contributed by atoms with van der Waals surface area (Å²) in [4.78, 5) is 14.4. The number of H-pyrrole nitrogens is 1. The van der Waals surface area contributed by atoms with Crippen LogP contribution in [0.3, 0.4) is 0 Å². The third kappa shape index (κ3) is 2.27. The topological polar surface area (TPSA) is 32.9 Å². The SMILES string of the molecule is O=C(c1ccc(F)c(C(F)(F)F)c1)c1ccc[nH]1. The molecule has 0 radical (unpaired) electrons. The highest BCUT2D eigenvalue weighted by Crippen LogP contribution is 2.32. The number of carbonyl (C=O) groups excluding carboxylic acids is 1. The van der Waals surface area contributed by atoms with Gasteiger partial charge < -0.3 is 4.98 Å². The van der Waals surface area contributed by atoms with Gasteiger partial charge in [0.05, 0.1) is 11.3 Å². The lowest BCUT2D eigenvalue weighted by molar-refractivity contribution is -0.140. The third-order valence-electron chi connectivity index (χ3n) is 2.38. The maximum Gasteiger partial charge on any atom is 0.419 e.